The minimum Gasteiger partial charge on any atom is -0.283 e. The molecule has 33 heavy (non-hydrogen) atoms. The van der Waals surface area contributed by atoms with Crippen LogP contribution in [-0.2, 0) is 27.6 Å². The summed E-state index contributed by atoms with van der Waals surface area (Å²) < 4.78 is 25.2. The minimum atomic E-state index is -3.27. The first-order chi connectivity index (χ1) is 15.8. The number of sulfone groups is 1. The molecule has 0 radical (unpaired) electrons. The van der Waals surface area contributed by atoms with Gasteiger partial charge in [0.1, 0.15) is 0 Å². The summed E-state index contributed by atoms with van der Waals surface area (Å²) in [5, 5.41) is 0.661. The zero-order valence-electron chi connectivity index (χ0n) is 18.9. The third-order valence-electron chi connectivity index (χ3n) is 5.73. The van der Waals surface area contributed by atoms with Crippen molar-refractivity contribution in [2.45, 2.75) is 38.6 Å². The van der Waals surface area contributed by atoms with Gasteiger partial charge in [0.25, 0.3) is 0 Å². The van der Waals surface area contributed by atoms with Gasteiger partial charge in [-0.25, -0.2) is 13.4 Å². The van der Waals surface area contributed by atoms with Gasteiger partial charge in [0.15, 0.2) is 15.0 Å². The van der Waals surface area contributed by atoms with E-state index in [1.807, 2.05) is 30.3 Å². The summed E-state index contributed by atoms with van der Waals surface area (Å²) in [6, 6.07) is 20.6. The molecular weight excluding hydrogens is 452 g/mol. The Balaban J connectivity index is 1.65. The molecule has 0 atom stereocenters. The zero-order valence-corrected chi connectivity index (χ0v) is 20.5. The first kappa shape index (κ1) is 23.1. The second-order valence-electron chi connectivity index (χ2n) is 8.09. The maximum Gasteiger partial charge on any atom is 0.233 e. The lowest BCUT2D eigenvalue weighted by Crippen LogP contribution is -2.31. The molecule has 5 nitrogen and oxygen atoms in total. The Kier molecular flexibility index (Phi) is 6.63. The Morgan fingerprint density at radius 1 is 0.939 bits per heavy atom. The number of amides is 1. The molecule has 4 rings (SSSR count). The highest BCUT2D eigenvalue weighted by molar-refractivity contribution is 7.91. The molecule has 0 fully saturated rings. The van der Waals surface area contributed by atoms with Gasteiger partial charge in [0.2, 0.25) is 5.91 Å². The largest absolute Gasteiger partial charge is 0.283 e. The summed E-state index contributed by atoms with van der Waals surface area (Å²) in [5.74, 6) is -0.0374. The Morgan fingerprint density at radius 3 is 2.27 bits per heavy atom. The number of fused-ring (bicyclic) bond motifs is 1. The summed E-state index contributed by atoms with van der Waals surface area (Å²) in [6.45, 7) is 6.17. The number of hydrogen-bond acceptors (Lipinski definition) is 5. The Labute approximate surface area is 198 Å². The van der Waals surface area contributed by atoms with E-state index in [0.717, 1.165) is 21.3 Å². The number of anilines is 1. The van der Waals surface area contributed by atoms with Gasteiger partial charge in [-0.05, 0) is 60.4 Å². The highest BCUT2D eigenvalue weighted by Gasteiger charge is 2.21. The van der Waals surface area contributed by atoms with Gasteiger partial charge in [0.05, 0.1) is 33.8 Å². The van der Waals surface area contributed by atoms with Crippen molar-refractivity contribution < 1.29 is 13.2 Å². The third kappa shape index (κ3) is 5.15. The molecule has 0 unspecified atom stereocenters. The lowest BCUT2D eigenvalue weighted by molar-refractivity contribution is -0.118. The molecule has 1 aromatic heterocycles. The average Bonchev–Trinajstić information content (AvgIpc) is 3.21. The minimum absolute atomic E-state index is 0.0483. The van der Waals surface area contributed by atoms with Gasteiger partial charge < -0.3 is 0 Å². The van der Waals surface area contributed by atoms with Crippen LogP contribution in [0.5, 0.6) is 0 Å². The molecule has 0 aliphatic rings. The van der Waals surface area contributed by atoms with Gasteiger partial charge in [-0.15, -0.1) is 0 Å². The summed E-state index contributed by atoms with van der Waals surface area (Å²) in [7, 11) is -3.27. The van der Waals surface area contributed by atoms with E-state index in [0.29, 0.717) is 11.7 Å². The number of rotatable bonds is 7. The van der Waals surface area contributed by atoms with E-state index in [-0.39, 0.29) is 23.0 Å². The van der Waals surface area contributed by atoms with Crippen molar-refractivity contribution in [2.24, 2.45) is 0 Å². The normalized spacial score (nSPS) is 11.6. The van der Waals surface area contributed by atoms with Crippen LogP contribution in [0.15, 0.2) is 71.6 Å². The smallest absolute Gasteiger partial charge is 0.233 e. The number of carbonyl (C=O) groups is 1. The number of aromatic nitrogens is 1. The molecule has 1 heterocycles. The van der Waals surface area contributed by atoms with Crippen LogP contribution in [0.4, 0.5) is 5.13 Å². The van der Waals surface area contributed by atoms with E-state index >= 15 is 0 Å². The molecule has 3 aromatic carbocycles. The van der Waals surface area contributed by atoms with E-state index in [2.05, 4.69) is 26.0 Å². The summed E-state index contributed by atoms with van der Waals surface area (Å²) in [5.41, 5.74) is 5.03. The van der Waals surface area contributed by atoms with Crippen LogP contribution in [0.2, 0.25) is 0 Å². The highest BCUT2D eigenvalue weighted by Crippen LogP contribution is 2.32. The van der Waals surface area contributed by atoms with Gasteiger partial charge >= 0.3 is 0 Å². The van der Waals surface area contributed by atoms with Crippen LogP contribution in [0.1, 0.15) is 29.2 Å². The van der Waals surface area contributed by atoms with Gasteiger partial charge in [-0.3, -0.25) is 9.69 Å². The molecule has 0 saturated heterocycles. The summed E-state index contributed by atoms with van der Waals surface area (Å²) in [6.07, 6.45) is 0.160. The Hall–Kier alpha value is -3.03. The van der Waals surface area contributed by atoms with Crippen molar-refractivity contribution in [1.29, 1.82) is 0 Å². The number of nitrogens with zero attached hydrogens (tertiary/aromatic N) is 2. The van der Waals surface area contributed by atoms with Gasteiger partial charge in [0, 0.05) is 0 Å². The van der Waals surface area contributed by atoms with Crippen molar-refractivity contribution >= 4 is 42.4 Å². The maximum absolute atomic E-state index is 13.4. The quantitative estimate of drug-likeness (QED) is 0.353. The standard InChI is InChI=1S/C26H26N2O3S2/c1-4-33(30,31)22-12-10-20(11-13-22)16-25(29)28(17-21-8-6-5-7-9-21)26-27-23-14-18(2)19(3)15-24(23)32-26/h5-15H,4,16-17H2,1-3H3. The number of hydrogen-bond donors (Lipinski definition) is 0. The fourth-order valence-electron chi connectivity index (χ4n) is 3.56. The van der Waals surface area contributed by atoms with E-state index in [1.54, 1.807) is 36.1 Å². The van der Waals surface area contributed by atoms with Gasteiger partial charge in [-0.1, -0.05) is 60.7 Å². The first-order valence-electron chi connectivity index (χ1n) is 10.8. The molecule has 0 bridgehead atoms. The van der Waals surface area contributed by atoms with Crippen LogP contribution < -0.4 is 4.90 Å². The van der Waals surface area contributed by atoms with E-state index < -0.39 is 9.84 Å². The molecule has 0 aliphatic heterocycles. The summed E-state index contributed by atoms with van der Waals surface area (Å²) >= 11 is 1.51. The molecule has 0 spiro atoms. The van der Waals surface area contributed by atoms with Crippen molar-refractivity contribution in [3.05, 3.63) is 89.0 Å². The summed E-state index contributed by atoms with van der Waals surface area (Å²) in [4.78, 5) is 20.2. The van der Waals surface area contributed by atoms with E-state index in [9.17, 15) is 13.2 Å². The lowest BCUT2D eigenvalue weighted by atomic mass is 10.1. The van der Waals surface area contributed by atoms with Crippen LogP contribution in [-0.4, -0.2) is 25.1 Å². The van der Waals surface area contributed by atoms with Crippen molar-refractivity contribution in [1.82, 2.24) is 4.98 Å². The van der Waals surface area contributed by atoms with Gasteiger partial charge in [-0.2, -0.15) is 0 Å². The predicted molar refractivity (Wildman–Crippen MR) is 135 cm³/mol. The molecule has 0 N–H and O–H groups in total. The number of benzene rings is 3. The molecule has 170 valence electrons. The molecule has 7 heteroatoms. The van der Waals surface area contributed by atoms with Crippen LogP contribution in [0.25, 0.3) is 10.2 Å². The average molecular weight is 479 g/mol. The Morgan fingerprint density at radius 2 is 1.61 bits per heavy atom. The predicted octanol–water partition coefficient (Wildman–Crippen LogP) is 5.48. The van der Waals surface area contributed by atoms with Crippen LogP contribution >= 0.6 is 11.3 Å². The number of thiazole rings is 1. The Bertz CT molecular complexity index is 1350. The maximum atomic E-state index is 13.4. The third-order valence-corrected chi connectivity index (χ3v) is 8.52. The molecule has 0 saturated carbocycles. The van der Waals surface area contributed by atoms with Crippen molar-refractivity contribution in [3.8, 4) is 0 Å². The van der Waals surface area contributed by atoms with Crippen molar-refractivity contribution in [2.75, 3.05) is 10.7 Å². The fourth-order valence-corrected chi connectivity index (χ4v) is 5.51. The molecule has 4 aromatic rings. The highest BCUT2D eigenvalue weighted by atomic mass is 32.2. The fraction of sp³-hybridized carbons (Fsp3) is 0.231. The first-order valence-corrected chi connectivity index (χ1v) is 13.3. The van der Waals surface area contributed by atoms with Crippen LogP contribution in [0.3, 0.4) is 0 Å². The lowest BCUT2D eigenvalue weighted by Gasteiger charge is -2.20. The second kappa shape index (κ2) is 9.45. The second-order valence-corrected chi connectivity index (χ2v) is 11.4. The number of carbonyl (C=O) groups excluding carboxylic acids is 1. The topological polar surface area (TPSA) is 67.3 Å². The molecular formula is C26H26N2O3S2. The van der Waals surface area contributed by atoms with Crippen LogP contribution in [0, 0.1) is 13.8 Å². The monoisotopic (exact) mass is 478 g/mol. The van der Waals surface area contributed by atoms with E-state index in [1.165, 1.54) is 22.5 Å². The molecule has 1 amide bonds. The van der Waals surface area contributed by atoms with Crippen molar-refractivity contribution in [3.63, 3.8) is 0 Å². The molecule has 0 aliphatic carbocycles. The zero-order chi connectivity index (χ0) is 23.6. The number of aryl methyl sites for hydroxylation is 2. The SMILES string of the molecule is CCS(=O)(=O)c1ccc(CC(=O)N(Cc2ccccc2)c2nc3cc(C)c(C)cc3s2)cc1. The van der Waals surface area contributed by atoms with E-state index in [4.69, 9.17) is 4.98 Å².